The average Bonchev–Trinajstić information content (AvgIpc) is 3.79. The van der Waals surface area contributed by atoms with Gasteiger partial charge in [-0.1, -0.05) is 42.8 Å². The van der Waals surface area contributed by atoms with Crippen LogP contribution in [0.5, 0.6) is 0 Å². The highest BCUT2D eigenvalue weighted by Gasteiger charge is 2.49. The van der Waals surface area contributed by atoms with Gasteiger partial charge >= 0.3 is 0 Å². The van der Waals surface area contributed by atoms with Gasteiger partial charge in [-0.05, 0) is 92.1 Å². The Kier molecular flexibility index (Phi) is 12.8. The molecule has 15 nitrogen and oxygen atoms in total. The number of anilines is 3. The van der Waals surface area contributed by atoms with Crippen LogP contribution in [0.4, 0.5) is 17.1 Å². The lowest BCUT2D eigenvalue weighted by molar-refractivity contribution is -0.137. The van der Waals surface area contributed by atoms with Crippen molar-refractivity contribution >= 4 is 64.2 Å². The van der Waals surface area contributed by atoms with Gasteiger partial charge in [-0.3, -0.25) is 39.3 Å². The number of amides is 5. The summed E-state index contributed by atoms with van der Waals surface area (Å²) in [5, 5.41) is 9.30. The number of imide groups is 1. The number of carbonyl (C=O) groups excluding carboxylic acids is 5. The second-order valence-corrected chi connectivity index (χ2v) is 17.1. The van der Waals surface area contributed by atoms with E-state index in [9.17, 15) is 24.0 Å². The maximum absolute atomic E-state index is 14.0. The molecule has 0 aliphatic carbocycles. The quantitative estimate of drug-likeness (QED) is 0.0525. The number of hydrogen-bond acceptors (Lipinski definition) is 9. The van der Waals surface area contributed by atoms with Gasteiger partial charge in [0.05, 0.1) is 34.9 Å². The number of pyridine rings is 2. The summed E-state index contributed by atoms with van der Waals surface area (Å²) in [5.41, 5.74) is 12.2. The third-order valence-corrected chi connectivity index (χ3v) is 13.1. The lowest BCUT2D eigenvalue weighted by Gasteiger charge is -2.38. The van der Waals surface area contributed by atoms with Gasteiger partial charge < -0.3 is 31.1 Å². The Morgan fingerprint density at radius 3 is 2.62 bits per heavy atom. The minimum absolute atomic E-state index is 0.0525. The number of hydrogen-bond donors (Lipinski definition) is 4. The molecule has 3 saturated heterocycles. The van der Waals surface area contributed by atoms with Gasteiger partial charge in [0, 0.05) is 85.7 Å². The molecule has 0 bridgehead atoms. The van der Waals surface area contributed by atoms with E-state index in [-0.39, 0.29) is 41.9 Å². The second-order valence-electron chi connectivity index (χ2n) is 16.7. The summed E-state index contributed by atoms with van der Waals surface area (Å²) in [5.74, 6) is -0.798. The van der Waals surface area contributed by atoms with Crippen LogP contribution in [0, 0.1) is 5.41 Å². The highest BCUT2D eigenvalue weighted by atomic mass is 35.5. The van der Waals surface area contributed by atoms with Gasteiger partial charge in [0.1, 0.15) is 6.04 Å². The third kappa shape index (κ3) is 9.58. The zero-order valence-corrected chi connectivity index (χ0v) is 35.9. The molecule has 1 spiro atoms. The minimum atomic E-state index is -0.647. The van der Waals surface area contributed by atoms with Crippen LogP contribution in [0.2, 0.25) is 0 Å². The third-order valence-electron chi connectivity index (χ3n) is 12.7. The molecule has 5 amide bonds. The summed E-state index contributed by atoms with van der Waals surface area (Å²) >= 11 is 6.68. The van der Waals surface area contributed by atoms with E-state index in [1.54, 1.807) is 29.6 Å². The van der Waals surface area contributed by atoms with Crippen LogP contribution in [0.15, 0.2) is 102 Å². The van der Waals surface area contributed by atoms with Crippen LogP contribution in [-0.4, -0.2) is 87.5 Å². The fraction of sp³-hybridized carbons (Fsp3) is 0.362. The topological polar surface area (TPSA) is 195 Å². The number of nitrogens with two attached hydrogens (primary N) is 1. The molecule has 2 atom stereocenters. The number of halogens is 1. The molecule has 4 aromatic rings. The van der Waals surface area contributed by atoms with E-state index in [1.807, 2.05) is 66.4 Å². The predicted molar refractivity (Wildman–Crippen MR) is 242 cm³/mol. The molecule has 3 fully saturated rings. The lowest BCUT2D eigenvalue weighted by Crippen LogP contribution is -2.52. The number of benzene rings is 2. The Morgan fingerprint density at radius 2 is 1.83 bits per heavy atom. The summed E-state index contributed by atoms with van der Waals surface area (Å²) in [6.07, 6.45) is 11.0. The van der Waals surface area contributed by atoms with E-state index in [1.165, 1.54) is 11.1 Å². The summed E-state index contributed by atoms with van der Waals surface area (Å²) < 4.78 is 0. The largest absolute Gasteiger partial charge is 0.385 e. The van der Waals surface area contributed by atoms with Crippen molar-refractivity contribution in [2.45, 2.75) is 76.8 Å². The number of likely N-dealkylation sites (tertiary alicyclic amines) is 1. The SMILES string of the molecule is CC(/C(Cl)=C\N=C(N)Nc1cncc(N2CCC3(CCN(C(=O)CCCCNc4ccc5c(c4)CN(C4CCC(=O)NC4=O)C5=O)CC3)C2=O)c1)c1cccc(-c2ccccn2)c1. The van der Waals surface area contributed by atoms with E-state index in [0.717, 1.165) is 34.5 Å². The normalized spacial score (nSPS) is 19.3. The number of allylic oxidation sites excluding steroid dienone is 1. The first-order valence-corrected chi connectivity index (χ1v) is 21.9. The van der Waals surface area contributed by atoms with Crippen molar-refractivity contribution in [1.82, 2.24) is 25.1 Å². The van der Waals surface area contributed by atoms with Gasteiger partial charge in [0.2, 0.25) is 23.6 Å². The molecular formula is C47H51ClN10O5. The van der Waals surface area contributed by atoms with E-state index < -0.39 is 17.4 Å². The zero-order valence-electron chi connectivity index (χ0n) is 35.2. The minimum Gasteiger partial charge on any atom is -0.385 e. The summed E-state index contributed by atoms with van der Waals surface area (Å²) in [6, 6.07) is 20.6. The molecule has 5 N–H and O–H groups in total. The smallest absolute Gasteiger partial charge is 0.255 e. The van der Waals surface area contributed by atoms with Gasteiger partial charge in [-0.25, -0.2) is 4.99 Å². The van der Waals surface area contributed by atoms with E-state index >= 15 is 0 Å². The van der Waals surface area contributed by atoms with Crippen LogP contribution in [0.3, 0.4) is 0 Å². The van der Waals surface area contributed by atoms with E-state index in [0.29, 0.717) is 93.2 Å². The fourth-order valence-electron chi connectivity index (χ4n) is 8.92. The number of fused-ring (bicyclic) bond motifs is 1. The van der Waals surface area contributed by atoms with Crippen molar-refractivity contribution in [1.29, 1.82) is 0 Å². The summed E-state index contributed by atoms with van der Waals surface area (Å²) in [6.45, 7) is 4.61. The summed E-state index contributed by atoms with van der Waals surface area (Å²) in [4.78, 5) is 82.5. The van der Waals surface area contributed by atoms with Gasteiger partial charge in [-0.2, -0.15) is 0 Å². The molecule has 63 heavy (non-hydrogen) atoms. The Labute approximate surface area is 371 Å². The Balaban J connectivity index is 0.771. The lowest BCUT2D eigenvalue weighted by atomic mass is 9.77. The Morgan fingerprint density at radius 1 is 1.00 bits per heavy atom. The van der Waals surface area contributed by atoms with Crippen molar-refractivity contribution < 1.29 is 24.0 Å². The maximum Gasteiger partial charge on any atom is 0.255 e. The molecule has 4 aliphatic rings. The number of rotatable bonds is 13. The first-order valence-electron chi connectivity index (χ1n) is 21.5. The number of carbonyl (C=O) groups is 5. The molecule has 0 radical (unpaired) electrons. The van der Waals surface area contributed by atoms with Crippen molar-refractivity contribution in [2.24, 2.45) is 16.1 Å². The van der Waals surface area contributed by atoms with Crippen LogP contribution in [-0.2, 0) is 25.7 Å². The van der Waals surface area contributed by atoms with Crippen LogP contribution in [0.25, 0.3) is 11.3 Å². The number of guanidine groups is 1. The molecule has 326 valence electrons. The molecule has 16 heteroatoms. The zero-order chi connectivity index (χ0) is 44.1. The first-order chi connectivity index (χ1) is 30.5. The molecule has 8 rings (SSSR count). The van der Waals surface area contributed by atoms with Gasteiger partial charge in [0.25, 0.3) is 5.91 Å². The number of piperidine rings is 2. The molecule has 6 heterocycles. The number of nitrogens with one attached hydrogen (secondary N) is 3. The number of aromatic nitrogens is 2. The van der Waals surface area contributed by atoms with Gasteiger partial charge in [0.15, 0.2) is 5.96 Å². The van der Waals surface area contributed by atoms with Crippen LogP contribution in [0.1, 0.15) is 85.7 Å². The number of nitrogens with zero attached hydrogens (tertiary/aromatic N) is 6. The maximum atomic E-state index is 14.0. The second kappa shape index (κ2) is 18.8. The monoisotopic (exact) mass is 870 g/mol. The highest BCUT2D eigenvalue weighted by molar-refractivity contribution is 6.30. The Bertz CT molecular complexity index is 2470. The predicted octanol–water partition coefficient (Wildman–Crippen LogP) is 6.14. The van der Waals surface area contributed by atoms with Crippen molar-refractivity contribution in [3.8, 4) is 11.3 Å². The Hall–Kier alpha value is -6.61. The average molecular weight is 871 g/mol. The molecular weight excluding hydrogens is 820 g/mol. The molecule has 2 unspecified atom stereocenters. The standard InChI is InChI=1S/C47H51ClN10O5/c1-30(31-7-6-8-32(23-31)39-9-2-4-19-52-39)38(48)28-53-46(49)54-35-25-36(27-50-26-35)57-22-17-47(45(57)63)15-20-56(21-16-47)42(60)10-3-5-18-51-34-11-12-37-33(24-34)29-58(44(37)62)40-13-14-41(59)55-43(40)61/h2,4,6-9,11-12,19,23-28,30,40,51H,3,5,10,13-18,20-22,29H2,1H3,(H3,49,53,54)(H,55,59,61)/b38-28+. The summed E-state index contributed by atoms with van der Waals surface area (Å²) in [7, 11) is 0. The van der Waals surface area contributed by atoms with Crippen molar-refractivity contribution in [3.05, 3.63) is 113 Å². The van der Waals surface area contributed by atoms with Crippen LogP contribution >= 0.6 is 11.6 Å². The van der Waals surface area contributed by atoms with Gasteiger partial charge in [-0.15, -0.1) is 0 Å². The van der Waals surface area contributed by atoms with E-state index in [4.69, 9.17) is 17.3 Å². The number of aliphatic imine (C=N–C) groups is 1. The number of unbranched alkanes of at least 4 members (excludes halogenated alkanes) is 1. The highest BCUT2D eigenvalue weighted by Crippen LogP contribution is 2.43. The molecule has 4 aliphatic heterocycles. The van der Waals surface area contributed by atoms with Crippen LogP contribution < -0.4 is 26.6 Å². The molecule has 2 aromatic carbocycles. The fourth-order valence-corrected chi connectivity index (χ4v) is 9.09. The molecule has 2 aromatic heterocycles. The van der Waals surface area contributed by atoms with Crippen molar-refractivity contribution in [2.75, 3.05) is 41.7 Å². The molecule has 0 saturated carbocycles. The van der Waals surface area contributed by atoms with Crippen molar-refractivity contribution in [3.63, 3.8) is 0 Å². The van der Waals surface area contributed by atoms with E-state index in [2.05, 4.69) is 37.0 Å². The first kappa shape index (κ1) is 43.1.